The lowest BCUT2D eigenvalue weighted by Gasteiger charge is -2.12. The number of hydrogen-bond donors (Lipinski definition) is 1. The molecule has 0 fully saturated rings. The zero-order valence-electron chi connectivity index (χ0n) is 15.6. The summed E-state index contributed by atoms with van der Waals surface area (Å²) in [6, 6.07) is 8.66. The van der Waals surface area contributed by atoms with Crippen LogP contribution in [0.5, 0.6) is 17.5 Å². The highest BCUT2D eigenvalue weighted by molar-refractivity contribution is 6.61. The third-order valence-corrected chi connectivity index (χ3v) is 4.27. The van der Waals surface area contributed by atoms with Crippen molar-refractivity contribution in [3.63, 3.8) is 0 Å². The first-order chi connectivity index (χ1) is 13.5. The van der Waals surface area contributed by atoms with Crippen molar-refractivity contribution in [2.45, 2.75) is 33.0 Å². The Labute approximate surface area is 168 Å². The predicted octanol–water partition coefficient (Wildman–Crippen LogP) is 2.81. The molecule has 146 valence electrons. The van der Waals surface area contributed by atoms with Crippen molar-refractivity contribution in [1.29, 1.82) is 5.26 Å². The molecule has 1 aliphatic rings. The number of hydrogen-bond acceptors (Lipinski definition) is 7. The lowest BCUT2D eigenvalue weighted by atomic mass is 9.80. The molecule has 0 amide bonds. The molecule has 28 heavy (non-hydrogen) atoms. The van der Waals surface area contributed by atoms with Gasteiger partial charge < -0.3 is 23.9 Å². The molecule has 1 aromatic heterocycles. The smallest absolute Gasteiger partial charge is 0.477 e. The molecule has 0 saturated carbocycles. The van der Waals surface area contributed by atoms with Crippen molar-refractivity contribution >= 4 is 24.2 Å². The van der Waals surface area contributed by atoms with E-state index in [1.54, 1.807) is 18.2 Å². The van der Waals surface area contributed by atoms with Crippen LogP contribution in [0.4, 0.5) is 0 Å². The molecule has 2 heterocycles. The zero-order valence-corrected chi connectivity index (χ0v) is 16.4. The van der Waals surface area contributed by atoms with Crippen molar-refractivity contribution < 1.29 is 23.9 Å². The summed E-state index contributed by atoms with van der Waals surface area (Å²) in [5.74, 6) is 0.784. The van der Waals surface area contributed by atoms with Crippen LogP contribution in [0.15, 0.2) is 24.3 Å². The topological polar surface area (TPSA) is 93.8 Å². The van der Waals surface area contributed by atoms with E-state index in [2.05, 4.69) is 4.98 Å². The summed E-state index contributed by atoms with van der Waals surface area (Å²) in [5.41, 5.74) is 1.77. The predicted molar refractivity (Wildman–Crippen MR) is 104 cm³/mol. The fourth-order valence-electron chi connectivity index (χ4n) is 2.65. The standard InChI is InChI=1S/C19H20BClN2O5/c1-12(2)25-6-3-7-26-18-13(10-22)9-17(21)19(23-18)28-15-4-5-16-14(8-15)11-27-20(16)24/h4-5,8-9,12,24H,3,6-7,11H2,1-2H3. The van der Waals surface area contributed by atoms with Crippen LogP contribution in [0.3, 0.4) is 0 Å². The van der Waals surface area contributed by atoms with E-state index in [-0.39, 0.29) is 28.5 Å². The van der Waals surface area contributed by atoms with Crippen LogP contribution >= 0.6 is 11.6 Å². The van der Waals surface area contributed by atoms with Crippen LogP contribution in [0.2, 0.25) is 5.02 Å². The van der Waals surface area contributed by atoms with Gasteiger partial charge in [-0.05, 0) is 43.1 Å². The minimum absolute atomic E-state index is 0.133. The number of pyridine rings is 1. The van der Waals surface area contributed by atoms with Gasteiger partial charge in [0, 0.05) is 6.42 Å². The number of halogens is 1. The summed E-state index contributed by atoms with van der Waals surface area (Å²) < 4.78 is 22.0. The maximum Gasteiger partial charge on any atom is 0.491 e. The lowest BCUT2D eigenvalue weighted by molar-refractivity contribution is 0.0690. The molecule has 0 bridgehead atoms. The fraction of sp³-hybridized carbons (Fsp3) is 0.368. The number of fused-ring (bicyclic) bond motifs is 1. The highest BCUT2D eigenvalue weighted by atomic mass is 35.5. The van der Waals surface area contributed by atoms with Crippen molar-refractivity contribution in [1.82, 2.24) is 4.98 Å². The Kier molecular flexibility index (Phi) is 6.76. The first-order valence-electron chi connectivity index (χ1n) is 8.93. The van der Waals surface area contributed by atoms with Crippen molar-refractivity contribution in [3.8, 4) is 23.6 Å². The average molecular weight is 403 g/mol. The Hall–Kier alpha value is -2.31. The number of benzene rings is 1. The molecule has 2 aromatic rings. The van der Waals surface area contributed by atoms with Crippen molar-refractivity contribution in [2.24, 2.45) is 0 Å². The van der Waals surface area contributed by atoms with Crippen molar-refractivity contribution in [2.75, 3.05) is 13.2 Å². The van der Waals surface area contributed by atoms with Gasteiger partial charge in [0.2, 0.25) is 11.8 Å². The van der Waals surface area contributed by atoms with Gasteiger partial charge in [-0.3, -0.25) is 0 Å². The molecule has 1 N–H and O–H groups in total. The second kappa shape index (κ2) is 9.26. The first-order valence-corrected chi connectivity index (χ1v) is 9.31. The Bertz CT molecular complexity index is 887. The molecule has 0 saturated heterocycles. The molecular weight excluding hydrogens is 382 g/mol. The van der Waals surface area contributed by atoms with Gasteiger partial charge in [0.25, 0.3) is 0 Å². The highest BCUT2D eigenvalue weighted by Crippen LogP contribution is 2.32. The maximum absolute atomic E-state index is 9.70. The summed E-state index contributed by atoms with van der Waals surface area (Å²) in [4.78, 5) is 4.26. The fourth-order valence-corrected chi connectivity index (χ4v) is 2.84. The Morgan fingerprint density at radius 2 is 2.14 bits per heavy atom. The third-order valence-electron chi connectivity index (χ3n) is 4.00. The largest absolute Gasteiger partial charge is 0.491 e. The summed E-state index contributed by atoms with van der Waals surface area (Å²) in [6.07, 6.45) is 0.818. The quantitative estimate of drug-likeness (QED) is 0.536. The van der Waals surface area contributed by atoms with E-state index in [1.807, 2.05) is 19.9 Å². The Morgan fingerprint density at radius 1 is 1.32 bits per heavy atom. The molecule has 3 rings (SSSR count). The Balaban J connectivity index is 1.72. The van der Waals surface area contributed by atoms with Gasteiger partial charge in [-0.2, -0.15) is 10.2 Å². The van der Waals surface area contributed by atoms with Crippen LogP contribution in [0.1, 0.15) is 31.4 Å². The minimum Gasteiger partial charge on any atom is -0.477 e. The lowest BCUT2D eigenvalue weighted by Crippen LogP contribution is -2.27. The van der Waals surface area contributed by atoms with Gasteiger partial charge in [-0.1, -0.05) is 17.7 Å². The molecule has 1 aliphatic heterocycles. The number of rotatable bonds is 8. The summed E-state index contributed by atoms with van der Waals surface area (Å²) in [6.45, 7) is 5.13. The molecule has 9 heteroatoms. The third kappa shape index (κ3) is 4.94. The van der Waals surface area contributed by atoms with Crippen LogP contribution < -0.4 is 14.9 Å². The summed E-state index contributed by atoms with van der Waals surface area (Å²) in [7, 11) is -0.916. The zero-order chi connectivity index (χ0) is 20.1. The first kappa shape index (κ1) is 20.4. The van der Waals surface area contributed by atoms with Gasteiger partial charge >= 0.3 is 7.12 Å². The van der Waals surface area contributed by atoms with Gasteiger partial charge in [0.15, 0.2) is 0 Å². The minimum atomic E-state index is -0.916. The van der Waals surface area contributed by atoms with Crippen LogP contribution in [0.25, 0.3) is 0 Å². The van der Waals surface area contributed by atoms with Gasteiger partial charge in [0.1, 0.15) is 22.4 Å². The van der Waals surface area contributed by atoms with Gasteiger partial charge in [-0.15, -0.1) is 0 Å². The van der Waals surface area contributed by atoms with E-state index in [0.717, 1.165) is 5.56 Å². The van der Waals surface area contributed by atoms with Crippen molar-refractivity contribution in [3.05, 3.63) is 40.4 Å². The van der Waals surface area contributed by atoms with Crippen LogP contribution in [-0.2, 0) is 16.0 Å². The van der Waals surface area contributed by atoms with E-state index >= 15 is 0 Å². The molecule has 0 radical (unpaired) electrons. The van der Waals surface area contributed by atoms with Crippen LogP contribution in [0, 0.1) is 11.3 Å². The Morgan fingerprint density at radius 3 is 2.89 bits per heavy atom. The molecule has 0 aliphatic carbocycles. The number of ether oxygens (including phenoxy) is 3. The van der Waals surface area contributed by atoms with Crippen LogP contribution in [-0.4, -0.2) is 36.4 Å². The van der Waals surface area contributed by atoms with E-state index in [4.69, 9.17) is 30.5 Å². The molecular formula is C19H20BClN2O5. The summed E-state index contributed by atoms with van der Waals surface area (Å²) >= 11 is 6.21. The normalized spacial score (nSPS) is 12.8. The number of aromatic nitrogens is 1. The van der Waals surface area contributed by atoms with E-state index < -0.39 is 7.12 Å². The number of nitrogens with zero attached hydrogens (tertiary/aromatic N) is 2. The molecule has 0 unspecified atom stereocenters. The monoisotopic (exact) mass is 402 g/mol. The summed E-state index contributed by atoms with van der Waals surface area (Å²) in [5, 5.41) is 19.2. The maximum atomic E-state index is 9.70. The average Bonchev–Trinajstić information content (AvgIpc) is 3.03. The molecule has 0 spiro atoms. The van der Waals surface area contributed by atoms with E-state index in [1.165, 1.54) is 6.07 Å². The van der Waals surface area contributed by atoms with E-state index in [0.29, 0.717) is 37.5 Å². The van der Waals surface area contributed by atoms with E-state index in [9.17, 15) is 10.3 Å². The molecule has 7 nitrogen and oxygen atoms in total. The van der Waals surface area contributed by atoms with Gasteiger partial charge in [-0.25, -0.2) is 0 Å². The SMILES string of the molecule is CC(C)OCCCOc1nc(Oc2ccc3c(c2)COB3O)c(Cl)cc1C#N. The highest BCUT2D eigenvalue weighted by Gasteiger charge is 2.27. The second-order valence-electron chi connectivity index (χ2n) is 6.49. The molecule has 1 aromatic carbocycles. The number of nitriles is 1. The second-order valence-corrected chi connectivity index (χ2v) is 6.89. The van der Waals surface area contributed by atoms with Gasteiger partial charge in [0.05, 0.1) is 25.9 Å². The molecule has 0 atom stereocenters.